The van der Waals surface area contributed by atoms with Crippen molar-refractivity contribution < 1.29 is 5.11 Å². The minimum absolute atomic E-state index is 0.380. The van der Waals surface area contributed by atoms with Crippen LogP contribution < -0.4 is 0 Å². The van der Waals surface area contributed by atoms with Crippen LogP contribution in [0.15, 0.2) is 12.3 Å². The Balaban J connectivity index is 2.20. The molecule has 1 aliphatic carbocycles. The normalized spacial score (nSPS) is 24.0. The summed E-state index contributed by atoms with van der Waals surface area (Å²) >= 11 is 0. The topological polar surface area (TPSA) is 38.0 Å². The van der Waals surface area contributed by atoms with Gasteiger partial charge in [-0.2, -0.15) is 5.10 Å². The Morgan fingerprint density at radius 3 is 2.33 bits per heavy atom. The highest BCUT2D eigenvalue weighted by Gasteiger charge is 2.39. The Hall–Kier alpha value is -0.830. The van der Waals surface area contributed by atoms with E-state index < -0.39 is 5.60 Å². The van der Waals surface area contributed by atoms with E-state index in [1.807, 2.05) is 13.1 Å². The van der Waals surface area contributed by atoms with E-state index in [1.165, 1.54) is 0 Å². The van der Waals surface area contributed by atoms with E-state index in [4.69, 9.17) is 0 Å². The smallest absolute Gasteiger partial charge is 0.106 e. The minimum Gasteiger partial charge on any atom is -0.384 e. The van der Waals surface area contributed by atoms with E-state index in [0.29, 0.717) is 5.41 Å². The Morgan fingerprint density at radius 2 is 1.87 bits per heavy atom. The Bertz CT molecular complexity index is 344. The number of hydrogen-bond acceptors (Lipinski definition) is 2. The molecular formula is C12H20N2O. The van der Waals surface area contributed by atoms with Gasteiger partial charge >= 0.3 is 0 Å². The number of aryl methyl sites for hydroxylation is 1. The largest absolute Gasteiger partial charge is 0.384 e. The maximum atomic E-state index is 10.6. The average molecular weight is 208 g/mol. The molecular weight excluding hydrogens is 188 g/mol. The van der Waals surface area contributed by atoms with Gasteiger partial charge in [0.05, 0.1) is 5.69 Å². The number of hydrogen-bond donors (Lipinski definition) is 1. The fraction of sp³-hybridized carbons (Fsp3) is 0.750. The molecule has 84 valence electrons. The van der Waals surface area contributed by atoms with E-state index >= 15 is 0 Å². The molecule has 1 fully saturated rings. The first-order valence-electron chi connectivity index (χ1n) is 5.64. The van der Waals surface area contributed by atoms with Crippen LogP contribution in [0, 0.1) is 5.41 Å². The standard InChI is InChI=1S/C12H20N2O/c1-11(2)5-7-12(15,8-6-11)10-4-9-13-14(10)3/h4,9,15H,5-8H2,1-3H3. The van der Waals surface area contributed by atoms with Gasteiger partial charge in [0.25, 0.3) is 0 Å². The van der Waals surface area contributed by atoms with Crippen LogP contribution in [0.3, 0.4) is 0 Å². The summed E-state index contributed by atoms with van der Waals surface area (Å²) < 4.78 is 1.79. The van der Waals surface area contributed by atoms with Crippen molar-refractivity contribution in [3.63, 3.8) is 0 Å². The van der Waals surface area contributed by atoms with Gasteiger partial charge in [-0.25, -0.2) is 0 Å². The lowest BCUT2D eigenvalue weighted by atomic mass is 9.70. The molecule has 1 aromatic rings. The van der Waals surface area contributed by atoms with Crippen LogP contribution in [0.5, 0.6) is 0 Å². The molecule has 1 saturated carbocycles. The van der Waals surface area contributed by atoms with E-state index in [-0.39, 0.29) is 0 Å². The fourth-order valence-corrected chi connectivity index (χ4v) is 2.43. The zero-order chi connectivity index (χ0) is 11.1. The zero-order valence-corrected chi connectivity index (χ0v) is 9.82. The molecule has 0 saturated heterocycles. The molecule has 0 unspecified atom stereocenters. The SMILES string of the molecule is Cn1nccc1C1(O)CCC(C)(C)CC1. The number of rotatable bonds is 1. The third-order valence-corrected chi connectivity index (χ3v) is 3.73. The van der Waals surface area contributed by atoms with Crippen molar-refractivity contribution in [3.8, 4) is 0 Å². The van der Waals surface area contributed by atoms with E-state index in [2.05, 4.69) is 18.9 Å². The molecule has 1 aromatic heterocycles. The first-order valence-corrected chi connectivity index (χ1v) is 5.64. The summed E-state index contributed by atoms with van der Waals surface area (Å²) in [6.07, 6.45) is 5.61. The minimum atomic E-state index is -0.652. The average Bonchev–Trinajstić information content (AvgIpc) is 2.58. The van der Waals surface area contributed by atoms with Gasteiger partial charge in [0.1, 0.15) is 5.60 Å². The van der Waals surface area contributed by atoms with Gasteiger partial charge in [-0.05, 0) is 37.2 Å². The molecule has 0 radical (unpaired) electrons. The summed E-state index contributed by atoms with van der Waals surface area (Å²) in [6, 6.07) is 1.93. The number of aliphatic hydroxyl groups is 1. The maximum absolute atomic E-state index is 10.6. The van der Waals surface area contributed by atoms with Gasteiger partial charge in [0.15, 0.2) is 0 Å². The molecule has 3 nitrogen and oxygen atoms in total. The van der Waals surface area contributed by atoms with Crippen molar-refractivity contribution in [1.82, 2.24) is 9.78 Å². The first kappa shape index (κ1) is 10.7. The van der Waals surface area contributed by atoms with Crippen LogP contribution in [0.4, 0.5) is 0 Å². The van der Waals surface area contributed by atoms with Gasteiger partial charge in [0, 0.05) is 13.2 Å². The van der Waals surface area contributed by atoms with E-state index in [1.54, 1.807) is 10.9 Å². The highest BCUT2D eigenvalue weighted by Crippen LogP contribution is 2.44. The van der Waals surface area contributed by atoms with Crippen molar-refractivity contribution >= 4 is 0 Å². The van der Waals surface area contributed by atoms with Crippen molar-refractivity contribution in [2.75, 3.05) is 0 Å². The molecule has 0 bridgehead atoms. The van der Waals surface area contributed by atoms with Crippen LogP contribution in [0.25, 0.3) is 0 Å². The lowest BCUT2D eigenvalue weighted by molar-refractivity contribution is -0.0366. The molecule has 1 N–H and O–H groups in total. The highest BCUT2D eigenvalue weighted by molar-refractivity contribution is 5.13. The molecule has 0 aromatic carbocycles. The van der Waals surface area contributed by atoms with Crippen molar-refractivity contribution in [3.05, 3.63) is 18.0 Å². The second-order valence-electron chi connectivity index (χ2n) is 5.54. The molecule has 0 aliphatic heterocycles. The van der Waals surface area contributed by atoms with Gasteiger partial charge in [-0.3, -0.25) is 4.68 Å². The molecule has 1 heterocycles. The third-order valence-electron chi connectivity index (χ3n) is 3.73. The summed E-state index contributed by atoms with van der Waals surface area (Å²) in [6.45, 7) is 4.55. The van der Waals surface area contributed by atoms with E-state index in [9.17, 15) is 5.11 Å². The molecule has 1 aliphatic rings. The molecule has 3 heteroatoms. The highest BCUT2D eigenvalue weighted by atomic mass is 16.3. The summed E-state index contributed by atoms with van der Waals surface area (Å²) in [5.41, 5.74) is 0.684. The van der Waals surface area contributed by atoms with Gasteiger partial charge in [-0.1, -0.05) is 13.8 Å². The second-order valence-corrected chi connectivity index (χ2v) is 5.54. The summed E-state index contributed by atoms with van der Waals surface area (Å²) in [5.74, 6) is 0. The van der Waals surface area contributed by atoms with Crippen LogP contribution in [0.1, 0.15) is 45.2 Å². The predicted octanol–water partition coefficient (Wildman–Crippen LogP) is 2.21. The fourth-order valence-electron chi connectivity index (χ4n) is 2.43. The Labute approximate surface area is 91.1 Å². The van der Waals surface area contributed by atoms with Gasteiger partial charge in [0.2, 0.25) is 0 Å². The molecule has 0 amide bonds. The third kappa shape index (κ3) is 1.93. The van der Waals surface area contributed by atoms with Crippen LogP contribution in [0.2, 0.25) is 0 Å². The van der Waals surface area contributed by atoms with Crippen LogP contribution in [-0.4, -0.2) is 14.9 Å². The van der Waals surface area contributed by atoms with Crippen molar-refractivity contribution in [2.24, 2.45) is 12.5 Å². The molecule has 0 atom stereocenters. The van der Waals surface area contributed by atoms with Gasteiger partial charge < -0.3 is 5.11 Å². The first-order chi connectivity index (χ1) is 6.93. The molecule has 2 rings (SSSR count). The lowest BCUT2D eigenvalue weighted by Gasteiger charge is -2.40. The lowest BCUT2D eigenvalue weighted by Crippen LogP contribution is -2.36. The van der Waals surface area contributed by atoms with Crippen LogP contribution >= 0.6 is 0 Å². The number of aromatic nitrogens is 2. The van der Waals surface area contributed by atoms with Gasteiger partial charge in [-0.15, -0.1) is 0 Å². The van der Waals surface area contributed by atoms with E-state index in [0.717, 1.165) is 31.4 Å². The molecule has 15 heavy (non-hydrogen) atoms. The quantitative estimate of drug-likeness (QED) is 0.768. The van der Waals surface area contributed by atoms with Crippen molar-refractivity contribution in [1.29, 1.82) is 0 Å². The summed E-state index contributed by atoms with van der Waals surface area (Å²) in [4.78, 5) is 0. The summed E-state index contributed by atoms with van der Waals surface area (Å²) in [5, 5.41) is 14.7. The number of nitrogens with zero attached hydrogens (tertiary/aromatic N) is 2. The second kappa shape index (κ2) is 3.34. The Morgan fingerprint density at radius 1 is 1.27 bits per heavy atom. The zero-order valence-electron chi connectivity index (χ0n) is 9.82. The Kier molecular flexibility index (Phi) is 2.38. The summed E-state index contributed by atoms with van der Waals surface area (Å²) in [7, 11) is 1.90. The maximum Gasteiger partial charge on any atom is 0.106 e. The monoisotopic (exact) mass is 208 g/mol. The van der Waals surface area contributed by atoms with Crippen LogP contribution in [-0.2, 0) is 12.6 Å². The molecule has 0 spiro atoms. The van der Waals surface area contributed by atoms with Crippen molar-refractivity contribution in [2.45, 2.75) is 45.1 Å². The predicted molar refractivity (Wildman–Crippen MR) is 59.4 cm³/mol.